The van der Waals surface area contributed by atoms with Crippen LogP contribution in [0.15, 0.2) is 54.6 Å². The zero-order valence-corrected chi connectivity index (χ0v) is 49.3. The number of carbonyl (C=O) groups excluding carboxylic acids is 7. The van der Waals surface area contributed by atoms with Crippen LogP contribution in [0.3, 0.4) is 0 Å². The molecule has 1 fully saturated rings. The first-order valence-corrected chi connectivity index (χ1v) is 27.9. The highest BCUT2D eigenvalue weighted by Crippen LogP contribution is 2.31. The Kier molecular flexibility index (Phi) is 26.6. The number of urea groups is 1. The van der Waals surface area contributed by atoms with Crippen molar-refractivity contribution in [1.29, 1.82) is 0 Å². The third kappa shape index (κ3) is 18.7. The van der Waals surface area contributed by atoms with Gasteiger partial charge in [-0.2, -0.15) is 0 Å². The van der Waals surface area contributed by atoms with E-state index in [2.05, 4.69) is 26.6 Å². The number of nitrogens with one attached hydrogen (secondary N) is 5. The Morgan fingerprint density at radius 3 is 1.97 bits per heavy atom. The molecule has 0 spiro atoms. The molecule has 0 radical (unpaired) electrons. The number of methoxy groups -OCH3 is 2. The molecule has 0 bridgehead atoms. The van der Waals surface area contributed by atoms with Crippen LogP contribution in [0, 0.1) is 29.6 Å². The number of benzene rings is 2. The first-order valence-electron chi connectivity index (χ1n) is 27.9. The third-order valence-electron chi connectivity index (χ3n) is 15.6. The van der Waals surface area contributed by atoms with E-state index in [1.807, 2.05) is 99.8 Å². The molecule has 1 aliphatic heterocycles. The number of primary amides is 1. The standard InChI is InChI=1S/C58H96N10O10/c1-16-37(8)49(45(77-14)32-46(69)67-31-21-25-44(67)52(78-15)38(9)53(71)62-39(10)51(70)41-22-18-17-19-23-41)66(11)57(75)48(35(4)5)65-56(74)50(36(6)7)68(12,13)33-40-26-28-42(29-27-40)63-54(72)43(24-20-30-61-58(60)76)64-55(73)47(59)34(2)3/h17-19,22-23,26-29,34-39,43-45,47-52,70H,16,20-21,24-25,30-33,59H2,1-15H3,(H6-,60,61,62,63,64,65,71,72,73,74,76)/p+1/t37-,38+,39+,43-,44-,45+,47-,48-,49-,50-,51+,52+/m0/s1. The summed E-state index contributed by atoms with van der Waals surface area (Å²) in [5.74, 6) is -3.35. The monoisotopic (exact) mass is 1090 g/mol. The van der Waals surface area contributed by atoms with Gasteiger partial charge in [-0.1, -0.05) is 111 Å². The molecule has 0 saturated carbocycles. The van der Waals surface area contributed by atoms with Gasteiger partial charge in [0.15, 0.2) is 6.04 Å². The molecule has 2 aromatic rings. The van der Waals surface area contributed by atoms with Crippen molar-refractivity contribution >= 4 is 47.2 Å². The van der Waals surface area contributed by atoms with Crippen molar-refractivity contribution in [2.45, 2.75) is 175 Å². The number of ether oxygens (including phenoxy) is 2. The summed E-state index contributed by atoms with van der Waals surface area (Å²) in [6.07, 6.45) is 0.334. The molecular weight excluding hydrogens is 997 g/mol. The number of quaternary nitrogens is 1. The predicted molar refractivity (Wildman–Crippen MR) is 303 cm³/mol. The highest BCUT2D eigenvalue weighted by Gasteiger charge is 2.45. The average molecular weight is 1090 g/mol. The Hall–Kier alpha value is -5.67. The smallest absolute Gasteiger partial charge is 0.312 e. The second-order valence-electron chi connectivity index (χ2n) is 23.0. The molecule has 12 atom stereocenters. The van der Waals surface area contributed by atoms with Crippen molar-refractivity contribution < 1.29 is 52.6 Å². The van der Waals surface area contributed by atoms with E-state index in [1.54, 1.807) is 69.2 Å². The van der Waals surface area contributed by atoms with Crippen LogP contribution >= 0.6 is 0 Å². The molecule has 0 aliphatic carbocycles. The number of carbonyl (C=O) groups is 7. The Morgan fingerprint density at radius 2 is 1.44 bits per heavy atom. The van der Waals surface area contributed by atoms with Gasteiger partial charge in [0.1, 0.15) is 18.6 Å². The van der Waals surface area contributed by atoms with E-state index in [1.165, 1.54) is 0 Å². The van der Waals surface area contributed by atoms with Gasteiger partial charge in [-0.3, -0.25) is 28.8 Å². The largest absolute Gasteiger partial charge is 0.386 e. The first kappa shape index (κ1) is 66.6. The van der Waals surface area contributed by atoms with Gasteiger partial charge < -0.3 is 66.9 Å². The van der Waals surface area contributed by atoms with Crippen LogP contribution in [-0.4, -0.2) is 164 Å². The fourth-order valence-corrected chi connectivity index (χ4v) is 10.9. The zero-order chi connectivity index (χ0) is 58.8. The van der Waals surface area contributed by atoms with Crippen molar-refractivity contribution in [3.63, 3.8) is 0 Å². The Bertz CT molecular complexity index is 2250. The molecule has 438 valence electrons. The molecule has 20 nitrogen and oxygen atoms in total. The topological polar surface area (TPSA) is 277 Å². The molecule has 1 heterocycles. The maximum Gasteiger partial charge on any atom is 0.312 e. The number of nitrogens with two attached hydrogens (primary N) is 2. The first-order chi connectivity index (χ1) is 36.6. The molecule has 20 heteroatoms. The lowest BCUT2D eigenvalue weighted by atomic mass is 9.89. The number of likely N-dealkylation sites (tertiary alicyclic amines) is 1. The zero-order valence-electron chi connectivity index (χ0n) is 49.3. The number of aliphatic hydroxyl groups excluding tert-OH is 1. The van der Waals surface area contributed by atoms with Gasteiger partial charge in [-0.25, -0.2) is 4.79 Å². The van der Waals surface area contributed by atoms with Crippen molar-refractivity contribution in [1.82, 2.24) is 31.1 Å². The lowest BCUT2D eigenvalue weighted by molar-refractivity contribution is -0.922. The molecule has 78 heavy (non-hydrogen) atoms. The van der Waals surface area contributed by atoms with Crippen molar-refractivity contribution in [2.75, 3.05) is 53.8 Å². The maximum absolute atomic E-state index is 14.9. The molecule has 0 unspecified atom stereocenters. The molecule has 1 saturated heterocycles. The summed E-state index contributed by atoms with van der Waals surface area (Å²) in [5.41, 5.74) is 13.3. The number of likely N-dealkylation sites (N-methyl/N-ethyl adjacent to an activating group) is 2. The van der Waals surface area contributed by atoms with Crippen LogP contribution in [0.5, 0.6) is 0 Å². The van der Waals surface area contributed by atoms with Crippen LogP contribution < -0.4 is 38.1 Å². The Morgan fingerprint density at radius 1 is 0.808 bits per heavy atom. The lowest BCUT2D eigenvalue weighted by Crippen LogP contribution is -2.63. The van der Waals surface area contributed by atoms with Crippen LogP contribution in [0.4, 0.5) is 10.5 Å². The van der Waals surface area contributed by atoms with Crippen molar-refractivity contribution in [3.8, 4) is 0 Å². The minimum atomic E-state index is -0.927. The minimum absolute atomic E-state index is 0.0337. The number of hydrogen-bond acceptors (Lipinski definition) is 11. The predicted octanol–water partition coefficient (Wildman–Crippen LogP) is 4.44. The minimum Gasteiger partial charge on any atom is -0.386 e. The van der Waals surface area contributed by atoms with Crippen LogP contribution in [0.25, 0.3) is 0 Å². The van der Waals surface area contributed by atoms with Gasteiger partial charge in [0.05, 0.1) is 68.9 Å². The van der Waals surface area contributed by atoms with E-state index >= 15 is 0 Å². The number of aliphatic hydroxyl groups is 1. The summed E-state index contributed by atoms with van der Waals surface area (Å²) in [6.45, 7) is 20.0. The summed E-state index contributed by atoms with van der Waals surface area (Å²) >= 11 is 0. The number of nitrogens with zero attached hydrogens (tertiary/aromatic N) is 3. The van der Waals surface area contributed by atoms with Crippen molar-refractivity contribution in [2.24, 2.45) is 41.1 Å². The summed E-state index contributed by atoms with van der Waals surface area (Å²) < 4.78 is 12.3. The van der Waals surface area contributed by atoms with Crippen LogP contribution in [0.1, 0.15) is 125 Å². The second-order valence-corrected chi connectivity index (χ2v) is 23.0. The number of hydrogen-bond donors (Lipinski definition) is 8. The molecule has 8 amide bonds. The van der Waals surface area contributed by atoms with Gasteiger partial charge in [0.25, 0.3) is 5.91 Å². The van der Waals surface area contributed by atoms with E-state index in [-0.39, 0.29) is 71.2 Å². The molecule has 1 aliphatic rings. The summed E-state index contributed by atoms with van der Waals surface area (Å²) in [6, 6.07) is 10.9. The number of amides is 8. The van der Waals surface area contributed by atoms with E-state index < -0.39 is 84.4 Å². The van der Waals surface area contributed by atoms with Crippen molar-refractivity contribution in [3.05, 3.63) is 65.7 Å². The molecule has 10 N–H and O–H groups in total. The maximum atomic E-state index is 14.9. The fourth-order valence-electron chi connectivity index (χ4n) is 10.9. The average Bonchev–Trinajstić information content (AvgIpc) is 3.88. The highest BCUT2D eigenvalue weighted by atomic mass is 16.5. The van der Waals surface area contributed by atoms with E-state index in [9.17, 15) is 38.7 Å². The Balaban J connectivity index is 1.77. The summed E-state index contributed by atoms with van der Waals surface area (Å²) in [4.78, 5) is 98.6. The van der Waals surface area contributed by atoms with E-state index in [4.69, 9.17) is 20.9 Å². The van der Waals surface area contributed by atoms with Gasteiger partial charge in [0, 0.05) is 51.5 Å². The van der Waals surface area contributed by atoms with E-state index in [0.29, 0.717) is 50.0 Å². The van der Waals surface area contributed by atoms with E-state index in [0.717, 1.165) is 5.56 Å². The Labute approximate surface area is 464 Å². The van der Waals surface area contributed by atoms with Gasteiger partial charge in [0.2, 0.25) is 29.5 Å². The quantitative estimate of drug-likeness (QED) is 0.0386. The van der Waals surface area contributed by atoms with Gasteiger partial charge in [-0.05, 0) is 68.1 Å². The SMILES string of the molecule is CC[C@H](C)[C@@H]([C@@H](CC(=O)N1CCC[C@H]1[C@H](OC)[C@@H](C)C(=O)N[C@H](C)[C@@H](O)c1ccccc1)OC)N(C)C(=O)[C@@H](NC(=O)[C@H](C(C)C)[N+](C)(C)Cc1ccc(NC(=O)[C@H](CCCNC(N)=O)NC(=O)[C@@H](N)C(C)C)cc1)C(C)C. The third-order valence-corrected chi connectivity index (χ3v) is 15.6. The number of rotatable bonds is 31. The lowest BCUT2D eigenvalue weighted by Gasteiger charge is -2.42. The summed E-state index contributed by atoms with van der Waals surface area (Å²) in [7, 11) is 8.72. The van der Waals surface area contributed by atoms with Gasteiger partial charge in [-0.15, -0.1) is 0 Å². The normalized spacial score (nSPS) is 18.1. The summed E-state index contributed by atoms with van der Waals surface area (Å²) in [5, 5.41) is 25.2. The van der Waals surface area contributed by atoms with Crippen LogP contribution in [-0.2, 0) is 44.8 Å². The fraction of sp³-hybridized carbons (Fsp3) is 0.672. The second kappa shape index (κ2) is 31.2. The highest BCUT2D eigenvalue weighted by molar-refractivity contribution is 5.98. The molecule has 3 rings (SSSR count). The molecule has 2 aromatic carbocycles. The molecular formula is C58H97N10O10+. The van der Waals surface area contributed by atoms with Crippen LogP contribution in [0.2, 0.25) is 0 Å². The molecule has 0 aromatic heterocycles. The van der Waals surface area contributed by atoms with Gasteiger partial charge >= 0.3 is 6.03 Å². The number of anilines is 1.